The van der Waals surface area contributed by atoms with Gasteiger partial charge in [-0.3, -0.25) is 4.98 Å². The van der Waals surface area contributed by atoms with Crippen LogP contribution in [0.15, 0.2) is 35.3 Å². The van der Waals surface area contributed by atoms with Gasteiger partial charge in [-0.1, -0.05) is 6.07 Å². The van der Waals surface area contributed by atoms with Gasteiger partial charge in [0.1, 0.15) is 0 Å². The van der Waals surface area contributed by atoms with Crippen molar-refractivity contribution in [3.63, 3.8) is 0 Å². The largest absolute Gasteiger partial charge is 0.380 e. The van der Waals surface area contributed by atoms with E-state index in [-0.39, 0.29) is 0 Å². The normalized spacial score (nSPS) is 10.1. The molecule has 14 heavy (non-hydrogen) atoms. The Labute approximate surface area is 87.6 Å². The SMILES string of the molecule is Cc1cscc1NCc1cccnc1. The van der Waals surface area contributed by atoms with Gasteiger partial charge < -0.3 is 5.32 Å². The molecule has 0 amide bonds. The van der Waals surface area contributed by atoms with Crippen molar-refractivity contribution in [3.05, 3.63) is 46.4 Å². The molecule has 0 aliphatic heterocycles. The third-order valence-electron chi connectivity index (χ3n) is 2.06. The highest BCUT2D eigenvalue weighted by molar-refractivity contribution is 7.08. The Morgan fingerprint density at radius 3 is 3.00 bits per heavy atom. The summed E-state index contributed by atoms with van der Waals surface area (Å²) in [6.45, 7) is 2.95. The molecule has 0 aliphatic rings. The summed E-state index contributed by atoms with van der Waals surface area (Å²) in [6.07, 6.45) is 3.67. The second kappa shape index (κ2) is 4.24. The van der Waals surface area contributed by atoms with Crippen molar-refractivity contribution in [3.8, 4) is 0 Å². The zero-order valence-corrected chi connectivity index (χ0v) is 8.84. The van der Waals surface area contributed by atoms with Crippen LogP contribution < -0.4 is 5.32 Å². The lowest BCUT2D eigenvalue weighted by molar-refractivity contribution is 1.11. The van der Waals surface area contributed by atoms with Crippen molar-refractivity contribution in [2.45, 2.75) is 13.5 Å². The van der Waals surface area contributed by atoms with Crippen molar-refractivity contribution in [2.24, 2.45) is 0 Å². The first kappa shape index (κ1) is 9.21. The molecule has 0 spiro atoms. The topological polar surface area (TPSA) is 24.9 Å². The molecule has 1 N–H and O–H groups in total. The van der Waals surface area contributed by atoms with Gasteiger partial charge in [-0.2, -0.15) is 0 Å². The molecular weight excluding hydrogens is 192 g/mol. The summed E-state index contributed by atoms with van der Waals surface area (Å²) in [7, 11) is 0. The van der Waals surface area contributed by atoms with E-state index >= 15 is 0 Å². The fourth-order valence-electron chi connectivity index (χ4n) is 1.24. The second-order valence-electron chi connectivity index (χ2n) is 3.18. The maximum Gasteiger partial charge on any atom is 0.0481 e. The Balaban J connectivity index is 1.99. The number of hydrogen-bond donors (Lipinski definition) is 1. The van der Waals surface area contributed by atoms with Crippen molar-refractivity contribution < 1.29 is 0 Å². The molecule has 0 saturated heterocycles. The lowest BCUT2D eigenvalue weighted by Crippen LogP contribution is -1.99. The van der Waals surface area contributed by atoms with E-state index in [1.165, 1.54) is 16.8 Å². The van der Waals surface area contributed by atoms with Gasteiger partial charge in [-0.25, -0.2) is 0 Å². The number of anilines is 1. The summed E-state index contributed by atoms with van der Waals surface area (Å²) in [5.41, 5.74) is 3.73. The molecular formula is C11H12N2S. The monoisotopic (exact) mass is 204 g/mol. The number of rotatable bonds is 3. The highest BCUT2D eigenvalue weighted by atomic mass is 32.1. The third-order valence-corrected chi connectivity index (χ3v) is 2.92. The fraction of sp³-hybridized carbons (Fsp3) is 0.182. The van der Waals surface area contributed by atoms with Crippen molar-refractivity contribution in [1.29, 1.82) is 0 Å². The smallest absolute Gasteiger partial charge is 0.0481 e. The zero-order valence-electron chi connectivity index (χ0n) is 8.03. The summed E-state index contributed by atoms with van der Waals surface area (Å²) in [5.74, 6) is 0. The number of pyridine rings is 1. The molecule has 0 fully saturated rings. The molecule has 2 nitrogen and oxygen atoms in total. The first-order chi connectivity index (χ1) is 6.86. The summed E-state index contributed by atoms with van der Waals surface area (Å²) >= 11 is 1.72. The van der Waals surface area contributed by atoms with Crippen molar-refractivity contribution >= 4 is 17.0 Å². The average Bonchev–Trinajstić information content (AvgIpc) is 2.63. The molecule has 2 rings (SSSR count). The van der Waals surface area contributed by atoms with Crippen LogP contribution in [0, 0.1) is 6.92 Å². The Morgan fingerprint density at radius 1 is 1.43 bits per heavy atom. The van der Waals surface area contributed by atoms with E-state index in [9.17, 15) is 0 Å². The van der Waals surface area contributed by atoms with Gasteiger partial charge in [0, 0.05) is 30.0 Å². The van der Waals surface area contributed by atoms with Crippen LogP contribution in [-0.2, 0) is 6.54 Å². The maximum atomic E-state index is 4.07. The molecule has 72 valence electrons. The number of hydrogen-bond acceptors (Lipinski definition) is 3. The van der Waals surface area contributed by atoms with Crippen LogP contribution >= 0.6 is 11.3 Å². The molecule has 0 atom stereocenters. The molecule has 0 aromatic carbocycles. The number of thiophene rings is 1. The van der Waals surface area contributed by atoms with E-state index in [1.807, 2.05) is 12.3 Å². The third kappa shape index (κ3) is 2.12. The van der Waals surface area contributed by atoms with Crippen molar-refractivity contribution in [1.82, 2.24) is 4.98 Å². The van der Waals surface area contributed by atoms with Gasteiger partial charge >= 0.3 is 0 Å². The summed E-state index contributed by atoms with van der Waals surface area (Å²) in [4.78, 5) is 4.07. The van der Waals surface area contributed by atoms with Crippen LogP contribution in [0.2, 0.25) is 0 Å². The molecule has 0 saturated carbocycles. The Morgan fingerprint density at radius 2 is 2.36 bits per heavy atom. The minimum atomic E-state index is 0.839. The highest BCUT2D eigenvalue weighted by Crippen LogP contribution is 2.19. The van der Waals surface area contributed by atoms with Gasteiger partial charge in [0.05, 0.1) is 0 Å². The van der Waals surface area contributed by atoms with Gasteiger partial charge in [0.25, 0.3) is 0 Å². The minimum absolute atomic E-state index is 0.839. The number of aromatic nitrogens is 1. The van der Waals surface area contributed by atoms with E-state index < -0.39 is 0 Å². The van der Waals surface area contributed by atoms with Crippen LogP contribution in [0.25, 0.3) is 0 Å². The number of nitrogens with one attached hydrogen (secondary N) is 1. The summed E-state index contributed by atoms with van der Waals surface area (Å²) in [5, 5.41) is 7.65. The van der Waals surface area contributed by atoms with E-state index in [1.54, 1.807) is 17.5 Å². The van der Waals surface area contributed by atoms with E-state index in [2.05, 4.69) is 34.1 Å². The quantitative estimate of drug-likeness (QED) is 0.831. The minimum Gasteiger partial charge on any atom is -0.380 e. The van der Waals surface area contributed by atoms with Crippen LogP contribution in [0.4, 0.5) is 5.69 Å². The Hall–Kier alpha value is -1.35. The van der Waals surface area contributed by atoms with E-state index in [4.69, 9.17) is 0 Å². The van der Waals surface area contributed by atoms with Crippen LogP contribution in [0.1, 0.15) is 11.1 Å². The van der Waals surface area contributed by atoms with E-state index in [0.29, 0.717) is 0 Å². The van der Waals surface area contributed by atoms with Gasteiger partial charge in [0.2, 0.25) is 0 Å². The standard InChI is InChI=1S/C11H12N2S/c1-9-7-14-8-11(9)13-6-10-3-2-4-12-5-10/h2-5,7-8,13H,6H2,1H3. The Bertz CT molecular complexity index is 395. The van der Waals surface area contributed by atoms with Gasteiger partial charge in [0.15, 0.2) is 0 Å². The maximum absolute atomic E-state index is 4.07. The van der Waals surface area contributed by atoms with Crippen LogP contribution in [0.5, 0.6) is 0 Å². The predicted molar refractivity (Wildman–Crippen MR) is 60.6 cm³/mol. The zero-order chi connectivity index (χ0) is 9.80. The van der Waals surface area contributed by atoms with Crippen LogP contribution in [0.3, 0.4) is 0 Å². The molecule has 0 aliphatic carbocycles. The Kier molecular flexibility index (Phi) is 2.79. The highest BCUT2D eigenvalue weighted by Gasteiger charge is 1.97. The first-order valence-electron chi connectivity index (χ1n) is 4.52. The summed E-state index contributed by atoms with van der Waals surface area (Å²) in [6, 6.07) is 4.03. The van der Waals surface area contributed by atoms with Crippen LogP contribution in [-0.4, -0.2) is 4.98 Å². The van der Waals surface area contributed by atoms with E-state index in [0.717, 1.165) is 6.54 Å². The first-order valence-corrected chi connectivity index (χ1v) is 5.46. The summed E-state index contributed by atoms with van der Waals surface area (Å²) < 4.78 is 0. The number of nitrogens with zero attached hydrogens (tertiary/aromatic N) is 1. The molecule has 0 unspecified atom stereocenters. The molecule has 3 heteroatoms. The fourth-order valence-corrected chi connectivity index (χ4v) is 2.05. The lowest BCUT2D eigenvalue weighted by atomic mass is 10.2. The molecule has 2 aromatic heterocycles. The molecule has 2 heterocycles. The predicted octanol–water partition coefficient (Wildman–Crippen LogP) is 3.06. The van der Waals surface area contributed by atoms with Gasteiger partial charge in [-0.15, -0.1) is 11.3 Å². The van der Waals surface area contributed by atoms with Crippen molar-refractivity contribution in [2.75, 3.05) is 5.32 Å². The molecule has 2 aromatic rings. The lowest BCUT2D eigenvalue weighted by Gasteiger charge is -2.04. The average molecular weight is 204 g/mol. The number of aryl methyl sites for hydroxylation is 1. The molecule has 0 radical (unpaired) electrons. The second-order valence-corrected chi connectivity index (χ2v) is 3.93. The van der Waals surface area contributed by atoms with Gasteiger partial charge in [-0.05, 0) is 29.5 Å². The molecule has 0 bridgehead atoms.